The highest BCUT2D eigenvalue weighted by Crippen LogP contribution is 2.41. The van der Waals surface area contributed by atoms with Gasteiger partial charge in [0.25, 0.3) is 0 Å². The predicted octanol–water partition coefficient (Wildman–Crippen LogP) is 3.12. The third-order valence-electron chi connectivity index (χ3n) is 2.75. The molecular weight excluding hydrogens is 330 g/mol. The van der Waals surface area contributed by atoms with Crippen molar-refractivity contribution in [1.29, 1.82) is 0 Å². The Morgan fingerprint density at radius 2 is 1.52 bits per heavy atom. The van der Waals surface area contributed by atoms with Crippen LogP contribution < -0.4 is 19.9 Å². The van der Waals surface area contributed by atoms with Gasteiger partial charge in [0.05, 0.1) is 29.8 Å². The van der Waals surface area contributed by atoms with Crippen molar-refractivity contribution >= 4 is 42.2 Å². The van der Waals surface area contributed by atoms with E-state index in [9.17, 15) is 5.11 Å². The zero-order valence-electron chi connectivity index (χ0n) is 11.4. The first-order chi connectivity index (χ1) is 10.1. The van der Waals surface area contributed by atoms with Crippen molar-refractivity contribution in [2.24, 2.45) is 0 Å². The molecule has 2 rings (SSSR count). The fraction of sp³-hybridized carbons (Fsp3) is 0.133. The van der Waals surface area contributed by atoms with Crippen molar-refractivity contribution in [1.82, 2.24) is 0 Å². The molecule has 2 aromatic carbocycles. The Bertz CT molecular complexity index is 644. The van der Waals surface area contributed by atoms with Crippen molar-refractivity contribution < 1.29 is 14.6 Å². The van der Waals surface area contributed by atoms with Gasteiger partial charge in [-0.05, 0) is 6.07 Å². The zero-order valence-corrected chi connectivity index (χ0v) is 13.8. The van der Waals surface area contributed by atoms with E-state index in [0.29, 0.717) is 8.20 Å². The van der Waals surface area contributed by atoms with E-state index in [0.717, 1.165) is 5.30 Å². The van der Waals surface area contributed by atoms with Crippen molar-refractivity contribution in [2.75, 3.05) is 14.2 Å². The average molecular weight is 342 g/mol. The van der Waals surface area contributed by atoms with E-state index in [2.05, 4.69) is 0 Å². The summed E-state index contributed by atoms with van der Waals surface area (Å²) in [6, 6.07) is 10.9. The van der Waals surface area contributed by atoms with Gasteiger partial charge < -0.3 is 14.6 Å². The van der Waals surface area contributed by atoms with Crippen LogP contribution in [0.3, 0.4) is 0 Å². The Hall–Kier alpha value is -1.25. The van der Waals surface area contributed by atoms with Crippen LogP contribution in [0.5, 0.6) is 11.5 Å². The molecule has 110 valence electrons. The first-order valence-corrected chi connectivity index (χ1v) is 7.64. The van der Waals surface area contributed by atoms with Crippen LogP contribution in [-0.4, -0.2) is 19.7 Å². The van der Waals surface area contributed by atoms with E-state index >= 15 is 0 Å². The molecule has 0 amide bonds. The Morgan fingerprint density at radius 3 is 2.00 bits per heavy atom. The van der Waals surface area contributed by atoms with Crippen LogP contribution in [0.4, 0.5) is 0 Å². The molecule has 0 aliphatic carbocycles. The Kier molecular flexibility index (Phi) is 5.49. The SMILES string of the molecule is COc1c(Cl)cc(Cl)c(OC)c1C([O-])=Pc1ccccc1. The quantitative estimate of drug-likeness (QED) is 0.802. The second-order valence-electron chi connectivity index (χ2n) is 4.03. The summed E-state index contributed by atoms with van der Waals surface area (Å²) in [4.78, 5) is 0. The van der Waals surface area contributed by atoms with Gasteiger partial charge in [0.2, 0.25) is 0 Å². The molecule has 0 N–H and O–H groups in total. The zero-order chi connectivity index (χ0) is 15.4. The van der Waals surface area contributed by atoms with E-state index in [-0.39, 0.29) is 32.6 Å². The Balaban J connectivity index is 2.64. The van der Waals surface area contributed by atoms with Gasteiger partial charge in [-0.2, -0.15) is 0 Å². The minimum absolute atomic E-state index is 0.195. The molecule has 0 aromatic heterocycles. The first kappa shape index (κ1) is 16.1. The number of ether oxygens (including phenoxy) is 2. The molecule has 0 bridgehead atoms. The van der Waals surface area contributed by atoms with Crippen LogP contribution in [0.15, 0.2) is 36.4 Å². The average Bonchev–Trinajstić information content (AvgIpc) is 2.47. The fourth-order valence-electron chi connectivity index (χ4n) is 1.85. The molecule has 3 nitrogen and oxygen atoms in total. The largest absolute Gasteiger partial charge is 0.823 e. The molecule has 0 fully saturated rings. The molecule has 6 heteroatoms. The van der Waals surface area contributed by atoms with Crippen LogP contribution in [-0.2, 0) is 0 Å². The molecule has 0 saturated heterocycles. The van der Waals surface area contributed by atoms with Gasteiger partial charge in [0.15, 0.2) is 0 Å². The molecule has 0 spiro atoms. The van der Waals surface area contributed by atoms with E-state index in [1.807, 2.05) is 30.3 Å². The van der Waals surface area contributed by atoms with Crippen LogP contribution in [0.2, 0.25) is 10.0 Å². The van der Waals surface area contributed by atoms with Gasteiger partial charge in [-0.3, -0.25) is 0 Å². The van der Waals surface area contributed by atoms with Crippen molar-refractivity contribution in [2.45, 2.75) is 0 Å². The number of benzene rings is 2. The summed E-state index contributed by atoms with van der Waals surface area (Å²) < 4.78 is 10.5. The summed E-state index contributed by atoms with van der Waals surface area (Å²) in [7, 11) is 3.39. The molecule has 0 aliphatic heterocycles. The number of halogens is 2. The van der Waals surface area contributed by atoms with Crippen LogP contribution in [0.25, 0.3) is 0 Å². The first-order valence-electron chi connectivity index (χ1n) is 5.99. The van der Waals surface area contributed by atoms with Crippen LogP contribution >= 0.6 is 31.4 Å². The maximum absolute atomic E-state index is 12.6. The number of methoxy groups -OCH3 is 2. The summed E-state index contributed by atoms with van der Waals surface area (Å²) in [5.41, 5.74) is 0.0577. The van der Waals surface area contributed by atoms with E-state index in [1.165, 1.54) is 20.3 Å². The third kappa shape index (κ3) is 3.50. The topological polar surface area (TPSA) is 41.5 Å². The van der Waals surface area contributed by atoms with E-state index < -0.39 is 0 Å². The van der Waals surface area contributed by atoms with Gasteiger partial charge >= 0.3 is 0 Å². The van der Waals surface area contributed by atoms with Crippen LogP contribution in [0.1, 0.15) is 5.56 Å². The van der Waals surface area contributed by atoms with Crippen molar-refractivity contribution in [3.63, 3.8) is 0 Å². The molecule has 0 heterocycles. The molecule has 0 unspecified atom stereocenters. The van der Waals surface area contributed by atoms with Gasteiger partial charge in [0.1, 0.15) is 11.5 Å². The highest BCUT2D eigenvalue weighted by molar-refractivity contribution is 7.49. The third-order valence-corrected chi connectivity index (χ3v) is 4.29. The summed E-state index contributed by atoms with van der Waals surface area (Å²) in [5, 5.41) is 14.0. The standard InChI is InChI=1S/C15H13Cl2O3P/c1-19-13-10(16)8-11(17)14(20-2)12(13)15(18)21-9-6-4-3-5-7-9/h3-8,18H,1-2H3/p-1. The summed E-state index contributed by atoms with van der Waals surface area (Å²) >= 11 is 12.2. The summed E-state index contributed by atoms with van der Waals surface area (Å²) in [6.07, 6.45) is 0. The molecule has 2 aromatic rings. The monoisotopic (exact) mass is 341 g/mol. The number of hydrogen-bond donors (Lipinski definition) is 0. The lowest BCUT2D eigenvalue weighted by atomic mass is 10.2. The maximum atomic E-state index is 12.6. The summed E-state index contributed by atoms with van der Waals surface area (Å²) in [6.45, 7) is 0. The fourth-order valence-corrected chi connectivity index (χ4v) is 3.34. The minimum Gasteiger partial charge on any atom is -0.823 e. The molecule has 0 saturated carbocycles. The molecule has 0 aliphatic rings. The Morgan fingerprint density at radius 1 is 1.00 bits per heavy atom. The second-order valence-corrected chi connectivity index (χ2v) is 5.99. The van der Waals surface area contributed by atoms with Gasteiger partial charge in [-0.15, -0.1) is 0 Å². The van der Waals surface area contributed by atoms with Gasteiger partial charge in [-0.1, -0.05) is 67.2 Å². The lowest BCUT2D eigenvalue weighted by molar-refractivity contribution is -0.207. The van der Waals surface area contributed by atoms with E-state index in [1.54, 1.807) is 0 Å². The minimum atomic E-state index is -0.195. The number of hydrogen-bond acceptors (Lipinski definition) is 3. The van der Waals surface area contributed by atoms with Gasteiger partial charge in [0, 0.05) is 5.30 Å². The van der Waals surface area contributed by atoms with Crippen molar-refractivity contribution in [3.05, 3.63) is 52.0 Å². The molecule has 21 heavy (non-hydrogen) atoms. The van der Waals surface area contributed by atoms with Crippen LogP contribution in [0, 0.1) is 0 Å². The second kappa shape index (κ2) is 7.15. The van der Waals surface area contributed by atoms with Gasteiger partial charge in [-0.25, -0.2) is 0 Å². The maximum Gasteiger partial charge on any atom is 0.147 e. The van der Waals surface area contributed by atoms with E-state index in [4.69, 9.17) is 32.7 Å². The number of rotatable bonds is 4. The molecular formula is C15H12Cl2O3P-. The van der Waals surface area contributed by atoms with Crippen molar-refractivity contribution in [3.8, 4) is 11.5 Å². The predicted molar refractivity (Wildman–Crippen MR) is 86.7 cm³/mol. The molecule has 0 radical (unpaired) electrons. The highest BCUT2D eigenvalue weighted by atomic mass is 35.5. The summed E-state index contributed by atoms with van der Waals surface area (Å²) in [5.74, 6) is 0.540. The lowest BCUT2D eigenvalue weighted by Gasteiger charge is -2.21. The Labute approximate surface area is 134 Å². The smallest absolute Gasteiger partial charge is 0.147 e. The normalized spacial score (nSPS) is 11.4. The highest BCUT2D eigenvalue weighted by Gasteiger charge is 2.17. The lowest BCUT2D eigenvalue weighted by Crippen LogP contribution is -2.20. The molecule has 0 atom stereocenters.